The number of hydrogen-bond donors (Lipinski definition) is 12. The topological polar surface area (TPSA) is 386 Å². The van der Waals surface area contributed by atoms with Crippen molar-refractivity contribution in [2.45, 2.75) is 94.5 Å². The minimum atomic E-state index is -1.71. The number of fused-ring (bicyclic) bond motifs is 1. The van der Waals surface area contributed by atoms with Crippen LogP contribution in [0.25, 0.3) is 10.8 Å². The second-order valence-corrected chi connectivity index (χ2v) is 16.4. The Bertz CT molecular complexity index is 2670. The van der Waals surface area contributed by atoms with Crippen LogP contribution in [0.1, 0.15) is 83.2 Å². The van der Waals surface area contributed by atoms with Crippen molar-refractivity contribution in [3.05, 3.63) is 113 Å². The lowest BCUT2D eigenvalue weighted by atomic mass is 10.0. The SMILES string of the molecule is O=C(O)CCC(NC(=O)NC(CCCCNC(=O)C(Cc1ccc2ccccc2c1)NC(=O)c1ccc(CNC(=O)CC(NC(=O)CCC(NC(=O)c2ccc([18F])nc2)C(=O)O)C(=O)O)cc1)C(=O)O)C(=O)O. The smallest absolute Gasteiger partial charge is 0.326 e. The van der Waals surface area contributed by atoms with Crippen LogP contribution in [0.3, 0.4) is 0 Å². The molecule has 0 saturated carbocycles. The average molecular weight is 1020 g/mol. The van der Waals surface area contributed by atoms with Gasteiger partial charge in [-0.25, -0.2) is 29.0 Å². The zero-order valence-electron chi connectivity index (χ0n) is 38.8. The fourth-order valence-corrected chi connectivity index (χ4v) is 6.98. The highest BCUT2D eigenvalue weighted by Crippen LogP contribution is 2.18. The Morgan fingerprint density at radius 3 is 1.70 bits per heavy atom. The Hall–Kier alpha value is -9.03. The van der Waals surface area contributed by atoms with Crippen LogP contribution in [-0.4, -0.2) is 133 Å². The van der Waals surface area contributed by atoms with Crippen molar-refractivity contribution in [1.29, 1.82) is 0 Å². The van der Waals surface area contributed by atoms with Gasteiger partial charge in [0, 0.05) is 44.1 Å². The predicted octanol–water partition coefficient (Wildman–Crippen LogP) is 1.31. The molecule has 5 unspecified atom stereocenters. The van der Waals surface area contributed by atoms with Crippen LogP contribution in [0.4, 0.5) is 9.18 Å². The lowest BCUT2D eigenvalue weighted by molar-refractivity contribution is -0.144. The highest BCUT2D eigenvalue weighted by Gasteiger charge is 2.28. The summed E-state index contributed by atoms with van der Waals surface area (Å²) in [7, 11) is 0. The highest BCUT2D eigenvalue weighted by atomic mass is 18.2. The number of carboxylic acids is 5. The van der Waals surface area contributed by atoms with Crippen LogP contribution in [0.5, 0.6) is 0 Å². The molecule has 0 spiro atoms. The molecule has 25 heteroatoms. The molecule has 5 atom stereocenters. The second kappa shape index (κ2) is 28.0. The van der Waals surface area contributed by atoms with Crippen LogP contribution in [0.15, 0.2) is 85.1 Å². The molecule has 24 nitrogen and oxygen atoms in total. The van der Waals surface area contributed by atoms with E-state index in [4.69, 9.17) is 5.11 Å². The number of amides is 7. The number of pyridine rings is 1. The predicted molar refractivity (Wildman–Crippen MR) is 252 cm³/mol. The van der Waals surface area contributed by atoms with Crippen LogP contribution in [-0.2, 0) is 51.3 Å². The molecule has 1 aromatic heterocycles. The Balaban J connectivity index is 1.30. The van der Waals surface area contributed by atoms with Gasteiger partial charge in [0.2, 0.25) is 23.7 Å². The summed E-state index contributed by atoms with van der Waals surface area (Å²) in [4.78, 5) is 138. The summed E-state index contributed by atoms with van der Waals surface area (Å²) in [5.41, 5.74) is 1.18. The zero-order chi connectivity index (χ0) is 53.6. The van der Waals surface area contributed by atoms with Crippen LogP contribution >= 0.6 is 0 Å². The number of hydrogen-bond acceptors (Lipinski definition) is 12. The number of rotatable bonds is 29. The Morgan fingerprint density at radius 2 is 1.08 bits per heavy atom. The number of benzene rings is 3. The summed E-state index contributed by atoms with van der Waals surface area (Å²) in [5.74, 6) is -12.0. The lowest BCUT2D eigenvalue weighted by Gasteiger charge is -2.20. The average Bonchev–Trinajstić information content (AvgIpc) is 3.34. The van der Waals surface area contributed by atoms with Gasteiger partial charge in [-0.15, -0.1) is 0 Å². The standard InChI is InChI=1S/C48H53FN8O16/c49-37-17-14-31(25-51-37)42(63)54-33(45(67)68)15-18-38(58)53-36(47(71)72)23-39(59)52-24-26-8-12-29(13-9-26)41(62)55-35(22-27-10-11-28-5-1-2-6-30(28)21-27)43(64)50-20-4-3-7-32(44(65)66)56-48(73)57-34(46(69)70)16-19-40(60)61/h1-2,5-6,8-14,17,21,25,32-36H,3-4,7,15-16,18-20,22-24H2,(H,50,64)(H,52,59)(H,53,58)(H,54,63)(H,55,62)(H,60,61)(H,65,66)(H,67,68)(H,69,70)(H,71,72)(H2,56,57,73)/i49-1. The number of aliphatic carboxylic acids is 5. The van der Waals surface area contributed by atoms with Crippen molar-refractivity contribution >= 4 is 76.2 Å². The fourth-order valence-electron chi connectivity index (χ4n) is 6.98. The van der Waals surface area contributed by atoms with Gasteiger partial charge in [-0.1, -0.05) is 54.6 Å². The van der Waals surface area contributed by atoms with Gasteiger partial charge in [-0.3, -0.25) is 28.8 Å². The number of carboxylic acid groups (broad SMARTS) is 5. The first-order chi connectivity index (χ1) is 34.7. The first kappa shape index (κ1) is 56.6. The van der Waals surface area contributed by atoms with Crippen LogP contribution < -0.4 is 37.2 Å². The maximum absolute atomic E-state index is 13.6. The van der Waals surface area contributed by atoms with E-state index in [9.17, 15) is 77.6 Å². The summed E-state index contributed by atoms with van der Waals surface area (Å²) in [6.07, 6.45) is -1.49. The number of carbonyl (C=O) groups is 11. The maximum Gasteiger partial charge on any atom is 0.326 e. The summed E-state index contributed by atoms with van der Waals surface area (Å²) in [6.45, 7) is -0.0981. The minimum Gasteiger partial charge on any atom is -0.481 e. The molecule has 3 aromatic carbocycles. The third-order valence-corrected chi connectivity index (χ3v) is 10.9. The van der Waals surface area contributed by atoms with E-state index in [-0.39, 0.29) is 49.9 Å². The van der Waals surface area contributed by atoms with E-state index in [0.717, 1.165) is 29.1 Å². The van der Waals surface area contributed by atoms with Gasteiger partial charge in [0.25, 0.3) is 11.8 Å². The number of unbranched alkanes of at least 4 members (excludes halogenated alkanes) is 1. The molecule has 0 fully saturated rings. The maximum atomic E-state index is 13.6. The summed E-state index contributed by atoms with van der Waals surface area (Å²) >= 11 is 0. The first-order valence-electron chi connectivity index (χ1n) is 22.5. The van der Waals surface area contributed by atoms with Crippen LogP contribution in [0.2, 0.25) is 0 Å². The van der Waals surface area contributed by atoms with Crippen molar-refractivity contribution in [1.82, 2.24) is 42.2 Å². The van der Waals surface area contributed by atoms with E-state index in [0.29, 0.717) is 11.1 Å². The monoisotopic (exact) mass is 1020 g/mol. The van der Waals surface area contributed by atoms with Gasteiger partial charge in [0.05, 0.1) is 12.0 Å². The normalized spacial score (nSPS) is 12.8. The van der Waals surface area contributed by atoms with Crippen molar-refractivity contribution in [2.24, 2.45) is 0 Å². The molecule has 4 aromatic rings. The van der Waals surface area contributed by atoms with Gasteiger partial charge >= 0.3 is 35.9 Å². The molecule has 0 bridgehead atoms. The van der Waals surface area contributed by atoms with E-state index in [1.54, 1.807) is 0 Å². The fraction of sp³-hybridized carbons (Fsp3) is 0.333. The highest BCUT2D eigenvalue weighted by molar-refractivity contribution is 5.98. The molecule has 7 amide bonds. The molecule has 4 rings (SSSR count). The number of nitrogens with zero attached hydrogens (tertiary/aromatic N) is 1. The zero-order valence-corrected chi connectivity index (χ0v) is 38.8. The molecule has 0 aliphatic carbocycles. The molecule has 0 saturated heterocycles. The summed E-state index contributed by atoms with van der Waals surface area (Å²) in [6, 6.07) is 12.3. The van der Waals surface area contributed by atoms with E-state index in [2.05, 4.69) is 36.9 Å². The Labute approximate surface area is 414 Å². The van der Waals surface area contributed by atoms with Gasteiger partial charge in [0.15, 0.2) is 0 Å². The third kappa shape index (κ3) is 19.4. The van der Waals surface area contributed by atoms with Crippen molar-refractivity contribution in [3.63, 3.8) is 0 Å². The molecule has 0 radical (unpaired) electrons. The van der Waals surface area contributed by atoms with Crippen molar-refractivity contribution in [3.8, 4) is 0 Å². The summed E-state index contributed by atoms with van der Waals surface area (Å²) < 4.78 is 13.1. The molecular weight excluding hydrogens is 963 g/mol. The lowest BCUT2D eigenvalue weighted by Crippen LogP contribution is -2.51. The van der Waals surface area contributed by atoms with E-state index >= 15 is 0 Å². The first-order valence-corrected chi connectivity index (χ1v) is 22.5. The third-order valence-electron chi connectivity index (χ3n) is 10.9. The molecular formula is C48H53FN8O16. The van der Waals surface area contributed by atoms with Crippen molar-refractivity contribution < 1.29 is 82.7 Å². The molecule has 12 N–H and O–H groups in total. The number of aromatic nitrogens is 1. The number of carbonyl (C=O) groups excluding carboxylic acids is 6. The van der Waals surface area contributed by atoms with Gasteiger partial charge in [-0.2, -0.15) is 4.39 Å². The molecule has 0 aliphatic rings. The largest absolute Gasteiger partial charge is 0.481 e. The van der Waals surface area contributed by atoms with Gasteiger partial charge in [0.1, 0.15) is 30.2 Å². The van der Waals surface area contributed by atoms with Gasteiger partial charge < -0.3 is 62.8 Å². The van der Waals surface area contributed by atoms with E-state index in [1.807, 2.05) is 47.8 Å². The van der Waals surface area contributed by atoms with E-state index < -0.39 is 134 Å². The Kier molecular flexibility index (Phi) is 21.7. The second-order valence-electron chi connectivity index (χ2n) is 16.4. The Morgan fingerprint density at radius 1 is 0.521 bits per heavy atom. The molecule has 1 heterocycles. The van der Waals surface area contributed by atoms with Crippen LogP contribution in [0, 0.1) is 5.95 Å². The van der Waals surface area contributed by atoms with Gasteiger partial charge in [-0.05, 0) is 78.3 Å². The quantitative estimate of drug-likeness (QED) is 0.0269. The number of nitrogens with one attached hydrogen (secondary N) is 7. The number of halogens is 1. The molecule has 388 valence electrons. The van der Waals surface area contributed by atoms with Crippen molar-refractivity contribution in [2.75, 3.05) is 6.54 Å². The molecule has 73 heavy (non-hydrogen) atoms. The number of urea groups is 1. The molecule has 0 aliphatic heterocycles. The summed E-state index contributed by atoms with van der Waals surface area (Å²) in [5, 5.41) is 65.3. The van der Waals surface area contributed by atoms with E-state index in [1.165, 1.54) is 24.3 Å². The minimum absolute atomic E-state index is 0.0330.